The van der Waals surface area contributed by atoms with Crippen LogP contribution in [-0.4, -0.2) is 14.5 Å². The second-order valence-corrected chi connectivity index (χ2v) is 10.6. The van der Waals surface area contributed by atoms with Crippen molar-refractivity contribution >= 4 is 65.2 Å². The molecular formula is C38H23N3. The minimum absolute atomic E-state index is 0.944. The van der Waals surface area contributed by atoms with Crippen molar-refractivity contribution in [3.63, 3.8) is 0 Å². The summed E-state index contributed by atoms with van der Waals surface area (Å²) < 4.78 is 2.41. The Morgan fingerprint density at radius 1 is 0.390 bits per heavy atom. The van der Waals surface area contributed by atoms with Crippen LogP contribution in [0.3, 0.4) is 0 Å². The second-order valence-electron chi connectivity index (χ2n) is 10.6. The summed E-state index contributed by atoms with van der Waals surface area (Å²) in [6, 6.07) is 46.0. The summed E-state index contributed by atoms with van der Waals surface area (Å²) in [6.45, 7) is 0. The maximum atomic E-state index is 4.74. The monoisotopic (exact) mass is 521 g/mol. The van der Waals surface area contributed by atoms with Gasteiger partial charge in [-0.3, -0.25) is 9.97 Å². The number of aromatic nitrogens is 3. The van der Waals surface area contributed by atoms with Gasteiger partial charge in [-0.2, -0.15) is 0 Å². The Kier molecular flexibility index (Phi) is 4.61. The molecule has 0 radical (unpaired) electrons. The van der Waals surface area contributed by atoms with E-state index >= 15 is 0 Å². The molecular weight excluding hydrogens is 498 g/mol. The lowest BCUT2D eigenvalue weighted by Gasteiger charge is -2.15. The van der Waals surface area contributed by atoms with E-state index in [9.17, 15) is 0 Å². The molecule has 0 amide bonds. The summed E-state index contributed by atoms with van der Waals surface area (Å²) in [7, 11) is 0. The highest BCUT2D eigenvalue weighted by molar-refractivity contribution is 6.23. The molecule has 41 heavy (non-hydrogen) atoms. The van der Waals surface area contributed by atoms with Crippen LogP contribution in [0.4, 0.5) is 0 Å². The zero-order chi connectivity index (χ0) is 26.9. The predicted molar refractivity (Wildman–Crippen MR) is 172 cm³/mol. The van der Waals surface area contributed by atoms with Crippen molar-refractivity contribution in [1.82, 2.24) is 14.5 Å². The first-order valence-electron chi connectivity index (χ1n) is 13.9. The third kappa shape index (κ3) is 3.14. The summed E-state index contributed by atoms with van der Waals surface area (Å²) in [5.74, 6) is 0. The quantitative estimate of drug-likeness (QED) is 0.212. The first-order chi connectivity index (χ1) is 20.4. The number of hydrogen-bond donors (Lipinski definition) is 0. The Labute approximate surface area is 235 Å². The number of para-hydroxylation sites is 2. The molecule has 2 aromatic heterocycles. The number of rotatable bonds is 2. The summed E-state index contributed by atoms with van der Waals surface area (Å²) in [4.78, 5) is 9.43. The smallest absolute Gasteiger partial charge is 0.0971 e. The van der Waals surface area contributed by atoms with Crippen molar-refractivity contribution in [3.05, 3.63) is 140 Å². The van der Waals surface area contributed by atoms with Gasteiger partial charge in [-0.15, -0.1) is 0 Å². The lowest BCUT2D eigenvalue weighted by molar-refractivity contribution is 1.20. The van der Waals surface area contributed by atoms with Crippen molar-refractivity contribution in [3.8, 4) is 16.8 Å². The van der Waals surface area contributed by atoms with Crippen LogP contribution in [0.25, 0.3) is 82.0 Å². The van der Waals surface area contributed by atoms with E-state index in [0.29, 0.717) is 0 Å². The highest BCUT2D eigenvalue weighted by atomic mass is 15.0. The normalized spacial score (nSPS) is 11.9. The fraction of sp³-hybridized carbons (Fsp3) is 0. The molecule has 0 saturated carbocycles. The molecule has 0 aliphatic rings. The summed E-state index contributed by atoms with van der Waals surface area (Å²) in [5, 5.41) is 9.65. The highest BCUT2D eigenvalue weighted by Gasteiger charge is 2.16. The van der Waals surface area contributed by atoms with Crippen molar-refractivity contribution in [2.24, 2.45) is 0 Å². The van der Waals surface area contributed by atoms with Crippen LogP contribution in [0.1, 0.15) is 0 Å². The third-order valence-corrected chi connectivity index (χ3v) is 8.48. The summed E-state index contributed by atoms with van der Waals surface area (Å²) in [5.41, 5.74) is 7.93. The largest absolute Gasteiger partial charge is 0.309 e. The van der Waals surface area contributed by atoms with Gasteiger partial charge in [-0.25, -0.2) is 0 Å². The Morgan fingerprint density at radius 3 is 1.68 bits per heavy atom. The van der Waals surface area contributed by atoms with Gasteiger partial charge in [0.25, 0.3) is 0 Å². The standard InChI is InChI=1S/C38H23N3/c1-2-12-31-27(9-1)33-23-24(19-20-32(33)38-37(31)39-21-22-40-38)25-13-7-15-28-26(25)14-8-18-36(28)41-34-16-5-3-10-29(34)30-11-4-6-17-35(30)41/h1-23H. The van der Waals surface area contributed by atoms with Gasteiger partial charge in [-0.05, 0) is 51.6 Å². The third-order valence-electron chi connectivity index (χ3n) is 8.48. The SMILES string of the molecule is c1cc(-n2c3ccccc3c3ccccc32)c2cccc(-c3ccc4c(c3)c3ccccc3c3nccnc43)c2c1. The molecule has 0 spiro atoms. The van der Waals surface area contributed by atoms with Gasteiger partial charge < -0.3 is 4.57 Å². The second kappa shape index (κ2) is 8.48. The maximum Gasteiger partial charge on any atom is 0.0971 e. The van der Waals surface area contributed by atoms with E-state index in [-0.39, 0.29) is 0 Å². The average molecular weight is 522 g/mol. The first-order valence-corrected chi connectivity index (χ1v) is 13.9. The van der Waals surface area contributed by atoms with Gasteiger partial charge >= 0.3 is 0 Å². The van der Waals surface area contributed by atoms with Crippen LogP contribution in [-0.2, 0) is 0 Å². The number of hydrogen-bond acceptors (Lipinski definition) is 2. The Bertz CT molecular complexity index is 2400. The molecule has 3 heteroatoms. The van der Waals surface area contributed by atoms with Crippen LogP contribution < -0.4 is 0 Å². The maximum absolute atomic E-state index is 4.74. The number of benzene rings is 7. The molecule has 0 fully saturated rings. The summed E-state index contributed by atoms with van der Waals surface area (Å²) in [6.07, 6.45) is 3.56. The van der Waals surface area contributed by atoms with E-state index in [1.54, 1.807) is 12.4 Å². The molecule has 2 heterocycles. The Hall–Kier alpha value is -5.54. The van der Waals surface area contributed by atoms with E-state index in [4.69, 9.17) is 9.97 Å². The van der Waals surface area contributed by atoms with Crippen molar-refractivity contribution in [2.75, 3.05) is 0 Å². The molecule has 3 nitrogen and oxygen atoms in total. The minimum Gasteiger partial charge on any atom is -0.309 e. The van der Waals surface area contributed by atoms with Crippen molar-refractivity contribution in [1.29, 1.82) is 0 Å². The van der Waals surface area contributed by atoms with Crippen LogP contribution in [0.2, 0.25) is 0 Å². The van der Waals surface area contributed by atoms with E-state index < -0.39 is 0 Å². The molecule has 190 valence electrons. The van der Waals surface area contributed by atoms with E-state index in [2.05, 4.69) is 132 Å². The summed E-state index contributed by atoms with van der Waals surface area (Å²) >= 11 is 0. The van der Waals surface area contributed by atoms with Crippen LogP contribution in [0.5, 0.6) is 0 Å². The molecule has 0 N–H and O–H groups in total. The molecule has 0 aliphatic heterocycles. The van der Waals surface area contributed by atoms with Gasteiger partial charge in [0.15, 0.2) is 0 Å². The lowest BCUT2D eigenvalue weighted by Crippen LogP contribution is -1.95. The number of fused-ring (bicyclic) bond motifs is 10. The zero-order valence-corrected chi connectivity index (χ0v) is 22.1. The molecule has 9 rings (SSSR count). The van der Waals surface area contributed by atoms with E-state index in [1.165, 1.54) is 60.2 Å². The van der Waals surface area contributed by atoms with Gasteiger partial charge in [0.05, 0.1) is 27.8 Å². The molecule has 9 aromatic rings. The van der Waals surface area contributed by atoms with Crippen LogP contribution >= 0.6 is 0 Å². The predicted octanol–water partition coefficient (Wildman–Crippen LogP) is 9.85. The zero-order valence-electron chi connectivity index (χ0n) is 22.1. The fourth-order valence-electron chi connectivity index (χ4n) is 6.72. The van der Waals surface area contributed by atoms with Crippen LogP contribution in [0, 0.1) is 0 Å². The molecule has 0 atom stereocenters. The molecule has 0 aliphatic carbocycles. The fourth-order valence-corrected chi connectivity index (χ4v) is 6.72. The van der Waals surface area contributed by atoms with Gasteiger partial charge in [0.2, 0.25) is 0 Å². The number of nitrogens with zero attached hydrogens (tertiary/aromatic N) is 3. The average Bonchev–Trinajstić information content (AvgIpc) is 3.38. The Balaban J connectivity index is 1.34. The van der Waals surface area contributed by atoms with E-state index in [0.717, 1.165) is 21.8 Å². The lowest BCUT2D eigenvalue weighted by atomic mass is 9.93. The highest BCUT2D eigenvalue weighted by Crippen LogP contribution is 2.39. The van der Waals surface area contributed by atoms with Crippen molar-refractivity contribution in [2.45, 2.75) is 0 Å². The van der Waals surface area contributed by atoms with Crippen molar-refractivity contribution < 1.29 is 0 Å². The molecule has 0 saturated heterocycles. The topological polar surface area (TPSA) is 30.7 Å². The minimum atomic E-state index is 0.944. The molecule has 0 bridgehead atoms. The first kappa shape index (κ1) is 22.3. The van der Waals surface area contributed by atoms with Gasteiger partial charge in [0, 0.05) is 39.3 Å². The van der Waals surface area contributed by atoms with Gasteiger partial charge in [-0.1, -0.05) is 103 Å². The van der Waals surface area contributed by atoms with Gasteiger partial charge in [0.1, 0.15) is 0 Å². The molecule has 0 unspecified atom stereocenters. The van der Waals surface area contributed by atoms with E-state index in [1.807, 2.05) is 0 Å². The van der Waals surface area contributed by atoms with Crippen LogP contribution in [0.15, 0.2) is 140 Å². The molecule has 7 aromatic carbocycles. The Morgan fingerprint density at radius 2 is 0.951 bits per heavy atom.